The Morgan fingerprint density at radius 2 is 1.58 bits per heavy atom. The highest BCUT2D eigenvalue weighted by molar-refractivity contribution is 7.52. The van der Waals surface area contributed by atoms with Crippen LogP contribution in [0.2, 0.25) is 13.1 Å². The minimum Gasteiger partial charge on any atom is -0.382 e. The van der Waals surface area contributed by atoms with Crippen LogP contribution in [0.3, 0.4) is 0 Å². The average Bonchev–Trinajstić information content (AvgIpc) is 3.40. The van der Waals surface area contributed by atoms with Gasteiger partial charge in [-0.3, -0.25) is 4.57 Å². The number of rotatable bonds is 20. The van der Waals surface area contributed by atoms with Crippen LogP contribution in [0.5, 0.6) is 0 Å². The summed E-state index contributed by atoms with van der Waals surface area (Å²) in [6.07, 6.45) is 16.3. The van der Waals surface area contributed by atoms with Gasteiger partial charge in [0.25, 0.3) is 0 Å². The second-order valence-electron chi connectivity index (χ2n) is 11.8. The van der Waals surface area contributed by atoms with E-state index in [2.05, 4.69) is 69.8 Å². The van der Waals surface area contributed by atoms with E-state index >= 15 is 0 Å². The van der Waals surface area contributed by atoms with E-state index in [1.807, 2.05) is 6.92 Å². The lowest BCUT2D eigenvalue weighted by molar-refractivity contribution is 0.0715. The molecule has 0 radical (unpaired) electrons. The first kappa shape index (κ1) is 34.9. The number of nitrogens with zero attached hydrogens (tertiary/aromatic N) is 4. The van der Waals surface area contributed by atoms with Crippen LogP contribution in [-0.4, -0.2) is 51.5 Å². The molecule has 3 N–H and O–H groups in total. The summed E-state index contributed by atoms with van der Waals surface area (Å²) in [6, 6.07) is 10.7. The molecule has 43 heavy (non-hydrogen) atoms. The predicted octanol–water partition coefficient (Wildman–Crippen LogP) is 6.81. The molecular formula is C32H50N5O4PSi. The summed E-state index contributed by atoms with van der Waals surface area (Å²) in [4.78, 5) is 22.5. The summed E-state index contributed by atoms with van der Waals surface area (Å²) in [5.74, 6) is 3.77. The Balaban J connectivity index is 1.12. The minimum absolute atomic E-state index is 0.268. The molecule has 0 fully saturated rings. The van der Waals surface area contributed by atoms with Crippen molar-refractivity contribution in [2.45, 2.75) is 110 Å². The quantitative estimate of drug-likeness (QED) is 0.0606. The number of unbranched alkanes of at least 4 members (excludes halogenated alkanes) is 11. The van der Waals surface area contributed by atoms with Crippen LogP contribution in [0.25, 0.3) is 11.2 Å². The summed E-state index contributed by atoms with van der Waals surface area (Å²) < 4.78 is 25.0. The summed E-state index contributed by atoms with van der Waals surface area (Å²) in [5.41, 5.74) is 10.5. The van der Waals surface area contributed by atoms with Crippen LogP contribution < -0.4 is 10.9 Å². The molecule has 9 nitrogen and oxygen atoms in total. The van der Waals surface area contributed by atoms with Crippen molar-refractivity contribution in [3.8, 4) is 11.5 Å². The molecule has 2 heterocycles. The number of nitrogens with two attached hydrogens (primary N) is 1. The molecule has 0 aliphatic carbocycles. The van der Waals surface area contributed by atoms with E-state index in [1.165, 1.54) is 62.9 Å². The maximum atomic E-state index is 12.4. The molecule has 0 saturated heterocycles. The van der Waals surface area contributed by atoms with Crippen LogP contribution in [0, 0.1) is 11.5 Å². The van der Waals surface area contributed by atoms with Gasteiger partial charge in [-0.05, 0) is 25.0 Å². The molecule has 0 aliphatic heterocycles. The zero-order valence-electron chi connectivity index (χ0n) is 26.2. The second kappa shape index (κ2) is 18.3. The third-order valence-electron chi connectivity index (χ3n) is 7.54. The lowest BCUT2D eigenvalue weighted by Crippen LogP contribution is -2.39. The Morgan fingerprint density at radius 1 is 0.953 bits per heavy atom. The predicted molar refractivity (Wildman–Crippen MR) is 178 cm³/mol. The van der Waals surface area contributed by atoms with Crippen LogP contribution >= 0.6 is 7.60 Å². The zero-order chi connectivity index (χ0) is 31.0. The average molecular weight is 628 g/mol. The van der Waals surface area contributed by atoms with Crippen molar-refractivity contribution in [1.29, 1.82) is 0 Å². The van der Waals surface area contributed by atoms with Gasteiger partial charge < -0.3 is 24.5 Å². The monoisotopic (exact) mass is 627 g/mol. The van der Waals surface area contributed by atoms with Crippen molar-refractivity contribution in [1.82, 2.24) is 19.5 Å². The van der Waals surface area contributed by atoms with Crippen molar-refractivity contribution >= 4 is 37.8 Å². The van der Waals surface area contributed by atoms with Gasteiger partial charge in [0.15, 0.2) is 19.5 Å². The van der Waals surface area contributed by atoms with E-state index < -0.39 is 15.7 Å². The first-order valence-corrected chi connectivity index (χ1v) is 20.5. The summed E-state index contributed by atoms with van der Waals surface area (Å²) in [5, 5.41) is 1.42. The van der Waals surface area contributed by atoms with Gasteiger partial charge in [-0.2, -0.15) is 0 Å². The van der Waals surface area contributed by atoms with Gasteiger partial charge >= 0.3 is 7.60 Å². The molecule has 0 spiro atoms. The number of fused-ring (bicyclic) bond motifs is 1. The van der Waals surface area contributed by atoms with Crippen LogP contribution in [0.4, 0.5) is 5.82 Å². The first-order valence-electron chi connectivity index (χ1n) is 15.7. The molecule has 0 aliphatic rings. The maximum absolute atomic E-state index is 12.4. The number of ether oxygens (including phenoxy) is 1. The topological polar surface area (TPSA) is 125 Å². The summed E-state index contributed by atoms with van der Waals surface area (Å²) in [7, 11) is -5.42. The highest BCUT2D eigenvalue weighted by Gasteiger charge is 2.22. The van der Waals surface area contributed by atoms with E-state index in [-0.39, 0.29) is 19.1 Å². The van der Waals surface area contributed by atoms with Crippen molar-refractivity contribution in [2.75, 3.05) is 18.7 Å². The molecule has 0 amide bonds. The van der Waals surface area contributed by atoms with Gasteiger partial charge in [-0.1, -0.05) is 101 Å². The fourth-order valence-corrected chi connectivity index (χ4v) is 7.61. The lowest BCUT2D eigenvalue weighted by Gasteiger charge is -2.17. The molecular weight excluding hydrogens is 577 g/mol. The fraction of sp³-hybridized carbons (Fsp3) is 0.594. The molecule has 11 heteroatoms. The van der Waals surface area contributed by atoms with E-state index in [0.717, 1.165) is 25.7 Å². The number of hydrogen-bond donors (Lipinski definition) is 2. The standard InChI is InChI=1S/C32H50N5O4PSi/c1-28(24-37-26-36-30-31(33)34-25-35-32(30)37)40-27-42(38,39)41-22-18-13-11-9-7-5-4-6-8-10-12-14-19-23-43(2,3)29-20-16-15-17-21-29/h15-17,20-21,25-26,28H,4-14,18,22,24,27H2,1-3H3,(H,38,39)(H2,33,34,35)/t28-/m1/s1. The molecule has 1 unspecified atom stereocenters. The molecule has 1 aromatic carbocycles. The van der Waals surface area contributed by atoms with E-state index in [9.17, 15) is 9.46 Å². The van der Waals surface area contributed by atoms with Crippen molar-refractivity contribution in [2.24, 2.45) is 0 Å². The van der Waals surface area contributed by atoms with E-state index in [4.69, 9.17) is 15.0 Å². The van der Waals surface area contributed by atoms with Gasteiger partial charge in [-0.25, -0.2) is 15.0 Å². The number of hydrogen-bond acceptors (Lipinski definition) is 7. The van der Waals surface area contributed by atoms with Gasteiger partial charge in [0.2, 0.25) is 0 Å². The van der Waals surface area contributed by atoms with E-state index in [0.29, 0.717) is 23.5 Å². The van der Waals surface area contributed by atoms with Gasteiger partial charge in [-0.15, -0.1) is 11.5 Å². The highest BCUT2D eigenvalue weighted by Crippen LogP contribution is 2.42. The Kier molecular flexibility index (Phi) is 14.9. The molecule has 0 bridgehead atoms. The summed E-state index contributed by atoms with van der Waals surface area (Å²) >= 11 is 0. The smallest absolute Gasteiger partial charge is 0.353 e. The second-order valence-corrected chi connectivity index (χ2v) is 17.7. The first-order chi connectivity index (χ1) is 20.7. The van der Waals surface area contributed by atoms with Crippen molar-refractivity contribution in [3.05, 3.63) is 43.0 Å². The molecule has 236 valence electrons. The Hall–Kier alpha value is -2.54. The largest absolute Gasteiger partial charge is 0.382 e. The SMILES string of the molecule is C[C@H](Cn1cnc2c(N)ncnc21)OCP(=O)(O)OCCCCCCCCCCCCCC#C[Si](C)(C)c1ccccc1. The third-order valence-corrected chi connectivity index (χ3v) is 11.2. The highest BCUT2D eigenvalue weighted by atomic mass is 31.2. The number of aromatic nitrogens is 4. The Labute approximate surface area is 258 Å². The third kappa shape index (κ3) is 12.9. The zero-order valence-corrected chi connectivity index (χ0v) is 28.1. The normalized spacial score (nSPS) is 13.9. The Morgan fingerprint density at radius 3 is 2.26 bits per heavy atom. The summed E-state index contributed by atoms with van der Waals surface area (Å²) in [6.45, 7) is 7.16. The van der Waals surface area contributed by atoms with E-state index in [1.54, 1.807) is 10.9 Å². The fourth-order valence-electron chi connectivity index (χ4n) is 4.94. The molecule has 2 atom stereocenters. The van der Waals surface area contributed by atoms with Crippen LogP contribution in [0.15, 0.2) is 43.0 Å². The lowest BCUT2D eigenvalue weighted by atomic mass is 10.1. The number of anilines is 1. The van der Waals surface area contributed by atoms with Crippen LogP contribution in [0.1, 0.15) is 84.0 Å². The van der Waals surface area contributed by atoms with Gasteiger partial charge in [0, 0.05) is 6.42 Å². The van der Waals surface area contributed by atoms with Gasteiger partial charge in [0.05, 0.1) is 25.6 Å². The maximum Gasteiger partial charge on any atom is 0.353 e. The van der Waals surface area contributed by atoms with Crippen LogP contribution in [-0.2, 0) is 20.4 Å². The number of imidazole rings is 1. The molecule has 3 rings (SSSR count). The minimum atomic E-state index is -3.80. The number of benzene rings is 1. The molecule has 0 saturated carbocycles. The van der Waals surface area contributed by atoms with Crippen molar-refractivity contribution < 1.29 is 18.7 Å². The van der Waals surface area contributed by atoms with Gasteiger partial charge in [0.1, 0.15) is 18.2 Å². The Bertz CT molecular complexity index is 1340. The number of nitrogen functional groups attached to an aromatic ring is 1. The molecule has 3 aromatic rings. The van der Waals surface area contributed by atoms with Crippen molar-refractivity contribution in [3.63, 3.8) is 0 Å². The molecule has 2 aromatic heterocycles.